The Hall–Kier alpha value is -1.84. The highest BCUT2D eigenvalue weighted by molar-refractivity contribution is 7.92. The van der Waals surface area contributed by atoms with Gasteiger partial charge in [-0.15, -0.1) is 27.7 Å². The van der Waals surface area contributed by atoms with Crippen LogP contribution in [0.1, 0.15) is 21.7 Å². The van der Waals surface area contributed by atoms with Gasteiger partial charge in [0.25, 0.3) is 15.9 Å². The smallest absolute Gasteiger partial charge is 0.294 e. The van der Waals surface area contributed by atoms with Crippen molar-refractivity contribution >= 4 is 55.0 Å². The summed E-state index contributed by atoms with van der Waals surface area (Å²) >= 11 is 0. The second kappa shape index (κ2) is 8.49. The number of nitrogens with one attached hydrogen (secondary N) is 2. The number of sulfonamides is 1. The summed E-state index contributed by atoms with van der Waals surface area (Å²) in [5.74, 6) is -0.405. The van der Waals surface area contributed by atoms with Gasteiger partial charge in [-0.3, -0.25) is 9.52 Å². The largest absolute Gasteiger partial charge is 0.351 e. The molecule has 0 aliphatic heterocycles. The Kier molecular flexibility index (Phi) is 6.40. The lowest BCUT2D eigenvalue weighted by molar-refractivity contribution is 0.0988. The Morgan fingerprint density at radius 2 is 1.83 bits per heavy atom. The molecular weight excluding hydrogens is 447 g/mol. The van der Waals surface area contributed by atoms with E-state index in [0.29, 0.717) is 16.9 Å². The van der Waals surface area contributed by atoms with Crippen molar-refractivity contribution in [2.75, 3.05) is 10.0 Å². The predicted molar refractivity (Wildman–Crippen MR) is 124 cm³/mol. The molecule has 152 valence electrons. The van der Waals surface area contributed by atoms with Crippen LogP contribution in [0.5, 0.6) is 0 Å². The van der Waals surface area contributed by atoms with Crippen molar-refractivity contribution in [2.24, 2.45) is 0 Å². The molecule has 3 atom stereocenters. The van der Waals surface area contributed by atoms with Gasteiger partial charge >= 0.3 is 0 Å². The van der Waals surface area contributed by atoms with Gasteiger partial charge < -0.3 is 9.84 Å². The second-order valence-corrected chi connectivity index (χ2v) is 12.9. The molecule has 0 saturated carbocycles. The molecule has 0 fully saturated rings. The van der Waals surface area contributed by atoms with E-state index < -0.39 is 15.9 Å². The lowest BCUT2D eigenvalue weighted by Gasteiger charge is -2.19. The van der Waals surface area contributed by atoms with Gasteiger partial charge in [0.2, 0.25) is 5.76 Å². The molecular formula is C18H20N3O4P3S. The second-order valence-electron chi connectivity index (χ2n) is 6.43. The molecule has 1 amide bonds. The summed E-state index contributed by atoms with van der Waals surface area (Å²) in [6.45, 7) is 1.66. The van der Waals surface area contributed by atoms with Gasteiger partial charge in [0.15, 0.2) is 0 Å². The van der Waals surface area contributed by atoms with Crippen LogP contribution in [0.3, 0.4) is 0 Å². The zero-order chi connectivity index (χ0) is 21.2. The van der Waals surface area contributed by atoms with E-state index in [1.54, 1.807) is 31.2 Å². The maximum atomic E-state index is 12.9. The van der Waals surface area contributed by atoms with Crippen molar-refractivity contribution in [3.8, 4) is 0 Å². The molecule has 11 heteroatoms. The highest BCUT2D eigenvalue weighted by Crippen LogP contribution is 2.45. The molecule has 0 saturated heterocycles. The average Bonchev–Trinajstić information content (AvgIpc) is 3.15. The normalized spacial score (nSPS) is 11.9. The monoisotopic (exact) mass is 467 g/mol. The SMILES string of the molecule is Cc1cc(NC(=O)c2ccno2)ccc1S(=O)(=O)Nc1cccc(C(P)(P)P)c1. The number of benzene rings is 2. The van der Waals surface area contributed by atoms with E-state index in [2.05, 4.69) is 42.9 Å². The first-order valence-corrected chi connectivity index (χ1v) is 11.6. The number of hydrogen-bond donors (Lipinski definition) is 2. The van der Waals surface area contributed by atoms with Crippen molar-refractivity contribution in [3.63, 3.8) is 0 Å². The Morgan fingerprint density at radius 3 is 2.45 bits per heavy atom. The first-order valence-electron chi connectivity index (χ1n) is 8.39. The lowest BCUT2D eigenvalue weighted by atomic mass is 10.2. The lowest BCUT2D eigenvalue weighted by Crippen LogP contribution is -2.16. The van der Waals surface area contributed by atoms with E-state index in [9.17, 15) is 13.2 Å². The van der Waals surface area contributed by atoms with E-state index in [4.69, 9.17) is 4.52 Å². The molecule has 3 rings (SSSR count). The summed E-state index contributed by atoms with van der Waals surface area (Å²) in [5.41, 5.74) is 2.31. The Labute approximate surface area is 176 Å². The minimum atomic E-state index is -3.81. The Morgan fingerprint density at radius 1 is 1.07 bits per heavy atom. The van der Waals surface area contributed by atoms with Crippen LogP contribution in [0.2, 0.25) is 0 Å². The van der Waals surface area contributed by atoms with Gasteiger partial charge in [0.1, 0.15) is 0 Å². The quantitative estimate of drug-likeness (QED) is 0.538. The van der Waals surface area contributed by atoms with E-state index in [0.717, 1.165) is 5.56 Å². The number of amides is 1. The van der Waals surface area contributed by atoms with Crippen molar-refractivity contribution in [1.29, 1.82) is 0 Å². The van der Waals surface area contributed by atoms with E-state index in [1.807, 2.05) is 6.07 Å². The molecule has 3 aromatic rings. The molecule has 1 aromatic heterocycles. The summed E-state index contributed by atoms with van der Waals surface area (Å²) in [4.78, 5) is 12.2. The van der Waals surface area contributed by atoms with Crippen molar-refractivity contribution < 1.29 is 17.7 Å². The van der Waals surface area contributed by atoms with Crippen LogP contribution >= 0.6 is 27.7 Å². The zero-order valence-corrected chi connectivity index (χ0v) is 19.7. The van der Waals surface area contributed by atoms with Crippen LogP contribution in [0, 0.1) is 6.92 Å². The molecule has 3 unspecified atom stereocenters. The van der Waals surface area contributed by atoms with Gasteiger partial charge in [0, 0.05) is 22.1 Å². The molecule has 0 spiro atoms. The number of carbonyl (C=O) groups is 1. The summed E-state index contributed by atoms with van der Waals surface area (Å²) < 4.78 is 32.8. The van der Waals surface area contributed by atoms with E-state index in [-0.39, 0.29) is 15.3 Å². The summed E-state index contributed by atoms with van der Waals surface area (Å²) in [5, 5.41) is 6.13. The van der Waals surface area contributed by atoms with Gasteiger partial charge in [-0.2, -0.15) is 0 Å². The van der Waals surface area contributed by atoms with Crippen LogP contribution in [-0.4, -0.2) is 19.5 Å². The summed E-state index contributed by atoms with van der Waals surface area (Å²) in [6.07, 6.45) is 1.37. The molecule has 0 bridgehead atoms. The predicted octanol–water partition coefficient (Wildman–Crippen LogP) is 3.77. The fourth-order valence-electron chi connectivity index (χ4n) is 2.62. The third-order valence-electron chi connectivity index (χ3n) is 4.00. The van der Waals surface area contributed by atoms with E-state index in [1.165, 1.54) is 24.4 Å². The molecule has 7 nitrogen and oxygen atoms in total. The molecule has 2 aromatic carbocycles. The van der Waals surface area contributed by atoms with Gasteiger partial charge in [-0.25, -0.2) is 8.42 Å². The first kappa shape index (κ1) is 21.9. The van der Waals surface area contributed by atoms with E-state index >= 15 is 0 Å². The van der Waals surface area contributed by atoms with Crippen molar-refractivity contribution in [3.05, 3.63) is 71.6 Å². The number of hydrogen-bond acceptors (Lipinski definition) is 5. The standard InChI is InChI=1S/C18H20N3O4P3S/c1-11-9-13(20-17(22)15-7-8-19-25-15)5-6-16(11)29(23,24)21-14-4-2-3-12(10-14)18(26,27)28/h2-10,21H,26-28H2,1H3,(H,20,22). The maximum Gasteiger partial charge on any atom is 0.294 e. The average molecular weight is 467 g/mol. The number of aromatic nitrogens is 1. The van der Waals surface area contributed by atoms with Crippen LogP contribution in [0.15, 0.2) is 64.1 Å². The molecule has 0 radical (unpaired) electrons. The maximum absolute atomic E-state index is 12.9. The van der Waals surface area contributed by atoms with Crippen molar-refractivity contribution in [2.45, 2.75) is 16.5 Å². The fraction of sp³-hybridized carbons (Fsp3) is 0.111. The molecule has 0 aliphatic rings. The van der Waals surface area contributed by atoms with Crippen LogP contribution in [-0.2, 0) is 14.7 Å². The fourth-order valence-corrected chi connectivity index (χ4v) is 4.43. The topological polar surface area (TPSA) is 101 Å². The van der Waals surface area contributed by atoms with Crippen LogP contribution < -0.4 is 10.0 Å². The number of anilines is 2. The minimum Gasteiger partial charge on any atom is -0.351 e. The van der Waals surface area contributed by atoms with Gasteiger partial charge in [-0.05, 0) is 48.4 Å². The van der Waals surface area contributed by atoms with Crippen LogP contribution in [0.25, 0.3) is 0 Å². The number of aryl methyl sites for hydroxylation is 1. The molecule has 2 N–H and O–H groups in total. The molecule has 0 aliphatic carbocycles. The zero-order valence-electron chi connectivity index (χ0n) is 15.4. The first-order chi connectivity index (χ1) is 13.6. The molecule has 29 heavy (non-hydrogen) atoms. The third-order valence-corrected chi connectivity index (χ3v) is 6.54. The van der Waals surface area contributed by atoms with Crippen LogP contribution in [0.4, 0.5) is 11.4 Å². The van der Waals surface area contributed by atoms with Gasteiger partial charge in [-0.1, -0.05) is 17.3 Å². The number of carbonyl (C=O) groups excluding carboxylic acids is 1. The van der Waals surface area contributed by atoms with Crippen molar-refractivity contribution in [1.82, 2.24) is 5.16 Å². The number of rotatable bonds is 6. The third kappa shape index (κ3) is 5.40. The number of nitrogens with zero attached hydrogens (tertiary/aromatic N) is 1. The highest BCUT2D eigenvalue weighted by Gasteiger charge is 2.20. The highest BCUT2D eigenvalue weighted by atomic mass is 32.2. The van der Waals surface area contributed by atoms with Gasteiger partial charge in [0.05, 0.1) is 11.1 Å². The summed E-state index contributed by atoms with van der Waals surface area (Å²) in [7, 11) is 4.18. The Bertz CT molecular complexity index is 1140. The minimum absolute atomic E-state index is 0.0641. The Balaban J connectivity index is 1.81. The molecule has 1 heterocycles. The summed E-state index contributed by atoms with van der Waals surface area (Å²) in [6, 6.07) is 13.1.